The maximum atomic E-state index is 5.73. The van der Waals surface area contributed by atoms with Gasteiger partial charge in [-0.15, -0.1) is 0 Å². The van der Waals surface area contributed by atoms with Gasteiger partial charge in [-0.25, -0.2) is 0 Å². The maximum absolute atomic E-state index is 5.73. The van der Waals surface area contributed by atoms with Gasteiger partial charge in [-0.2, -0.15) is 0 Å². The van der Waals surface area contributed by atoms with Gasteiger partial charge in [0.2, 0.25) is 0 Å². The third-order valence-corrected chi connectivity index (χ3v) is 3.59. The average molecular weight is 314 g/mol. The summed E-state index contributed by atoms with van der Waals surface area (Å²) in [5.74, 6) is 1.58. The smallest absolute Gasteiger partial charge is 0.162 e. The molecule has 1 N–H and O–H groups in total. The molecule has 0 unspecified atom stereocenters. The van der Waals surface area contributed by atoms with Gasteiger partial charge in [0.1, 0.15) is 0 Å². The molecule has 1 aromatic carbocycles. The Bertz CT molecular complexity index is 417. The summed E-state index contributed by atoms with van der Waals surface area (Å²) in [6, 6.07) is 4.73. The van der Waals surface area contributed by atoms with Crippen molar-refractivity contribution < 1.29 is 9.47 Å². The van der Waals surface area contributed by atoms with E-state index in [0.29, 0.717) is 6.04 Å². The lowest BCUT2D eigenvalue weighted by Crippen LogP contribution is -2.16. The maximum Gasteiger partial charge on any atom is 0.162 e. The molecule has 0 saturated heterocycles. The summed E-state index contributed by atoms with van der Waals surface area (Å²) >= 11 is 3.60. The Hall–Kier alpha value is -0.740. The number of benzene rings is 1. The Kier molecular flexibility index (Phi) is 4.51. The zero-order valence-electron chi connectivity index (χ0n) is 11.1. The van der Waals surface area contributed by atoms with Crippen LogP contribution in [-0.2, 0) is 6.54 Å². The third kappa shape index (κ3) is 3.62. The Labute approximate surface area is 117 Å². The minimum absolute atomic E-state index is 0.140. The van der Waals surface area contributed by atoms with E-state index in [-0.39, 0.29) is 6.10 Å². The predicted molar refractivity (Wildman–Crippen MR) is 76.3 cm³/mol. The van der Waals surface area contributed by atoms with Crippen LogP contribution in [0.25, 0.3) is 0 Å². The van der Waals surface area contributed by atoms with Crippen molar-refractivity contribution in [2.75, 3.05) is 7.11 Å². The zero-order chi connectivity index (χ0) is 13.1. The minimum atomic E-state index is 0.140. The van der Waals surface area contributed by atoms with Crippen molar-refractivity contribution >= 4 is 15.9 Å². The van der Waals surface area contributed by atoms with Crippen LogP contribution < -0.4 is 14.8 Å². The van der Waals surface area contributed by atoms with Crippen molar-refractivity contribution in [3.05, 3.63) is 22.2 Å². The second kappa shape index (κ2) is 5.93. The number of hydrogen-bond acceptors (Lipinski definition) is 3. The Morgan fingerprint density at radius 3 is 2.61 bits per heavy atom. The van der Waals surface area contributed by atoms with Gasteiger partial charge in [-0.3, -0.25) is 0 Å². The second-order valence-corrected chi connectivity index (χ2v) is 5.77. The molecular weight excluding hydrogens is 294 g/mol. The van der Waals surface area contributed by atoms with Crippen molar-refractivity contribution in [3.63, 3.8) is 0 Å². The third-order valence-electron chi connectivity index (χ3n) is 2.85. The lowest BCUT2D eigenvalue weighted by atomic mass is 10.2. The van der Waals surface area contributed by atoms with E-state index in [1.54, 1.807) is 7.11 Å². The van der Waals surface area contributed by atoms with E-state index in [0.717, 1.165) is 22.5 Å². The molecule has 4 heteroatoms. The first-order valence-electron chi connectivity index (χ1n) is 6.36. The molecule has 0 heterocycles. The molecule has 100 valence electrons. The molecule has 0 radical (unpaired) electrons. The zero-order valence-corrected chi connectivity index (χ0v) is 12.7. The fourth-order valence-corrected chi connectivity index (χ4v) is 2.22. The molecule has 0 atom stereocenters. The molecule has 1 aliphatic carbocycles. The van der Waals surface area contributed by atoms with Crippen molar-refractivity contribution in [1.82, 2.24) is 5.32 Å². The highest BCUT2D eigenvalue weighted by atomic mass is 79.9. The number of hydrogen-bond donors (Lipinski definition) is 1. The van der Waals surface area contributed by atoms with Gasteiger partial charge in [0.05, 0.1) is 13.2 Å². The van der Waals surface area contributed by atoms with Crippen LogP contribution in [-0.4, -0.2) is 19.3 Å². The normalized spacial score (nSPS) is 14.9. The van der Waals surface area contributed by atoms with Gasteiger partial charge in [-0.05, 0) is 44.4 Å². The molecule has 3 nitrogen and oxygen atoms in total. The van der Waals surface area contributed by atoms with Gasteiger partial charge in [0.15, 0.2) is 11.5 Å². The topological polar surface area (TPSA) is 30.5 Å². The molecule has 1 fully saturated rings. The monoisotopic (exact) mass is 313 g/mol. The average Bonchev–Trinajstić information content (AvgIpc) is 3.11. The van der Waals surface area contributed by atoms with Gasteiger partial charge in [-0.1, -0.05) is 15.9 Å². The number of halogens is 1. The second-order valence-electron chi connectivity index (χ2n) is 4.92. The summed E-state index contributed by atoms with van der Waals surface area (Å²) in [4.78, 5) is 0. The summed E-state index contributed by atoms with van der Waals surface area (Å²) in [5.41, 5.74) is 1.20. The van der Waals surface area contributed by atoms with Crippen LogP contribution in [0, 0.1) is 0 Å². The molecular formula is C14H20BrNO2. The SMILES string of the molecule is COc1cc(CNC2CC2)c(Br)cc1OC(C)C. The fraction of sp³-hybridized carbons (Fsp3) is 0.571. The molecule has 0 spiro atoms. The standard InChI is InChI=1S/C14H20BrNO2/c1-9(2)18-14-7-12(15)10(6-13(14)17-3)8-16-11-4-5-11/h6-7,9,11,16H,4-5,8H2,1-3H3. The molecule has 1 saturated carbocycles. The molecule has 0 aromatic heterocycles. The van der Waals surface area contributed by atoms with E-state index < -0.39 is 0 Å². The van der Waals surface area contributed by atoms with Crippen LogP contribution in [0.3, 0.4) is 0 Å². The molecule has 0 aliphatic heterocycles. The highest BCUT2D eigenvalue weighted by Crippen LogP contribution is 2.34. The van der Waals surface area contributed by atoms with Gasteiger partial charge in [0, 0.05) is 17.1 Å². The van der Waals surface area contributed by atoms with E-state index in [4.69, 9.17) is 9.47 Å². The van der Waals surface area contributed by atoms with Crippen molar-refractivity contribution in [3.8, 4) is 11.5 Å². The van der Waals surface area contributed by atoms with Crippen molar-refractivity contribution in [1.29, 1.82) is 0 Å². The summed E-state index contributed by atoms with van der Waals surface area (Å²) in [7, 11) is 1.68. The van der Waals surface area contributed by atoms with Crippen molar-refractivity contribution in [2.45, 2.75) is 45.4 Å². The molecule has 1 aromatic rings. The number of methoxy groups -OCH3 is 1. The molecule has 18 heavy (non-hydrogen) atoms. The van der Waals surface area contributed by atoms with Crippen LogP contribution in [0.15, 0.2) is 16.6 Å². The Balaban J connectivity index is 2.14. The lowest BCUT2D eigenvalue weighted by Gasteiger charge is -2.16. The largest absolute Gasteiger partial charge is 0.493 e. The van der Waals surface area contributed by atoms with E-state index in [1.165, 1.54) is 18.4 Å². The van der Waals surface area contributed by atoms with E-state index in [1.807, 2.05) is 26.0 Å². The summed E-state index contributed by atoms with van der Waals surface area (Å²) < 4.78 is 12.2. The van der Waals surface area contributed by atoms with Crippen molar-refractivity contribution in [2.24, 2.45) is 0 Å². The summed E-state index contributed by atoms with van der Waals surface area (Å²) in [6.07, 6.45) is 2.73. The highest BCUT2D eigenvalue weighted by molar-refractivity contribution is 9.10. The summed E-state index contributed by atoms with van der Waals surface area (Å²) in [6.45, 7) is 4.88. The highest BCUT2D eigenvalue weighted by Gasteiger charge is 2.21. The minimum Gasteiger partial charge on any atom is -0.493 e. The van der Waals surface area contributed by atoms with E-state index in [9.17, 15) is 0 Å². The quantitative estimate of drug-likeness (QED) is 0.872. The predicted octanol–water partition coefficient (Wildman–Crippen LogP) is 3.50. The van der Waals surface area contributed by atoms with Gasteiger partial charge >= 0.3 is 0 Å². The fourth-order valence-electron chi connectivity index (χ4n) is 1.76. The van der Waals surface area contributed by atoms with Crippen LogP contribution >= 0.6 is 15.9 Å². The Morgan fingerprint density at radius 1 is 1.33 bits per heavy atom. The molecule has 0 bridgehead atoms. The molecule has 2 rings (SSSR count). The van der Waals surface area contributed by atoms with Crippen LogP contribution in [0.5, 0.6) is 11.5 Å². The molecule has 0 amide bonds. The number of nitrogens with one attached hydrogen (secondary N) is 1. The van der Waals surface area contributed by atoms with E-state index in [2.05, 4.69) is 21.2 Å². The first-order chi connectivity index (χ1) is 8.60. The summed E-state index contributed by atoms with van der Waals surface area (Å²) in [5, 5.41) is 3.50. The van der Waals surface area contributed by atoms with Crippen LogP contribution in [0.1, 0.15) is 32.3 Å². The lowest BCUT2D eigenvalue weighted by molar-refractivity contribution is 0.230. The number of rotatable bonds is 6. The van der Waals surface area contributed by atoms with Gasteiger partial charge in [0.25, 0.3) is 0 Å². The van der Waals surface area contributed by atoms with Crippen LogP contribution in [0.2, 0.25) is 0 Å². The number of ether oxygens (including phenoxy) is 2. The van der Waals surface area contributed by atoms with E-state index >= 15 is 0 Å². The van der Waals surface area contributed by atoms with Crippen LogP contribution in [0.4, 0.5) is 0 Å². The first-order valence-corrected chi connectivity index (χ1v) is 7.16. The van der Waals surface area contributed by atoms with Gasteiger partial charge < -0.3 is 14.8 Å². The Morgan fingerprint density at radius 2 is 2.06 bits per heavy atom. The first kappa shape index (κ1) is 13.7. The molecule has 1 aliphatic rings.